The summed E-state index contributed by atoms with van der Waals surface area (Å²) in [5.74, 6) is -2.61. The minimum Gasteiger partial charge on any atom is -0.480 e. The molecule has 0 aliphatic heterocycles. The molecule has 20 heavy (non-hydrogen) atoms. The summed E-state index contributed by atoms with van der Waals surface area (Å²) >= 11 is 0. The standard InChI is InChI=1S/C15H19F2NO2/c1-18(11-5-3-2-4-6-11)14(15(19)20)12-8-7-10(16)9-13(12)17/h7-9,11,14H,2-6H2,1H3,(H,19,20). The Morgan fingerprint density at radius 2 is 1.95 bits per heavy atom. The van der Waals surface area contributed by atoms with Gasteiger partial charge in [-0.15, -0.1) is 0 Å². The molecule has 1 atom stereocenters. The third kappa shape index (κ3) is 3.15. The molecule has 0 heterocycles. The van der Waals surface area contributed by atoms with Crippen molar-refractivity contribution < 1.29 is 18.7 Å². The number of nitrogens with zero attached hydrogens (tertiary/aromatic N) is 1. The molecule has 0 spiro atoms. The van der Waals surface area contributed by atoms with E-state index in [2.05, 4.69) is 0 Å². The quantitative estimate of drug-likeness (QED) is 0.921. The average molecular weight is 283 g/mol. The van der Waals surface area contributed by atoms with Crippen LogP contribution >= 0.6 is 0 Å². The summed E-state index contributed by atoms with van der Waals surface area (Å²) < 4.78 is 26.8. The molecule has 0 amide bonds. The van der Waals surface area contributed by atoms with Crippen LogP contribution in [0.15, 0.2) is 18.2 Å². The normalized spacial score (nSPS) is 18.2. The Hall–Kier alpha value is -1.49. The molecule has 110 valence electrons. The number of carboxylic acid groups (broad SMARTS) is 1. The highest BCUT2D eigenvalue weighted by atomic mass is 19.1. The molecule has 1 saturated carbocycles. The van der Waals surface area contributed by atoms with E-state index in [4.69, 9.17) is 0 Å². The molecule has 0 saturated heterocycles. The van der Waals surface area contributed by atoms with Crippen LogP contribution in [-0.2, 0) is 4.79 Å². The molecule has 0 radical (unpaired) electrons. The number of benzene rings is 1. The first-order valence-electron chi connectivity index (χ1n) is 6.90. The molecule has 1 N–H and O–H groups in total. The maximum atomic E-state index is 13.9. The number of likely N-dealkylation sites (N-methyl/N-ethyl adjacent to an activating group) is 1. The molecule has 0 bridgehead atoms. The van der Waals surface area contributed by atoms with E-state index in [1.54, 1.807) is 11.9 Å². The highest BCUT2D eigenvalue weighted by molar-refractivity contribution is 5.75. The number of rotatable bonds is 4. The number of hydrogen-bond donors (Lipinski definition) is 1. The van der Waals surface area contributed by atoms with Gasteiger partial charge in [0.15, 0.2) is 0 Å². The first-order valence-corrected chi connectivity index (χ1v) is 6.90. The fraction of sp³-hybridized carbons (Fsp3) is 0.533. The first kappa shape index (κ1) is 14.9. The molecule has 1 unspecified atom stereocenters. The van der Waals surface area contributed by atoms with E-state index >= 15 is 0 Å². The molecule has 3 nitrogen and oxygen atoms in total. The summed E-state index contributed by atoms with van der Waals surface area (Å²) in [6, 6.07) is 2.12. The lowest BCUT2D eigenvalue weighted by atomic mass is 9.92. The van der Waals surface area contributed by atoms with E-state index in [1.807, 2.05) is 0 Å². The zero-order valence-electron chi connectivity index (χ0n) is 11.5. The fourth-order valence-electron chi connectivity index (χ4n) is 2.95. The summed E-state index contributed by atoms with van der Waals surface area (Å²) in [4.78, 5) is 13.2. The van der Waals surface area contributed by atoms with Crippen molar-refractivity contribution in [3.8, 4) is 0 Å². The van der Waals surface area contributed by atoms with Gasteiger partial charge in [0.1, 0.15) is 17.7 Å². The maximum absolute atomic E-state index is 13.9. The minimum absolute atomic E-state index is 0.0203. The van der Waals surface area contributed by atoms with Crippen LogP contribution in [0.4, 0.5) is 8.78 Å². The van der Waals surface area contributed by atoms with Gasteiger partial charge in [0.05, 0.1) is 0 Å². The van der Waals surface area contributed by atoms with Crippen LogP contribution in [0.1, 0.15) is 43.7 Å². The first-order chi connectivity index (χ1) is 9.50. The summed E-state index contributed by atoms with van der Waals surface area (Å²) in [6.45, 7) is 0. The highest BCUT2D eigenvalue weighted by Crippen LogP contribution is 2.30. The number of hydrogen-bond acceptors (Lipinski definition) is 2. The summed E-state index contributed by atoms with van der Waals surface area (Å²) in [5, 5.41) is 9.42. The molecular weight excluding hydrogens is 264 g/mol. The lowest BCUT2D eigenvalue weighted by molar-refractivity contribution is -0.144. The van der Waals surface area contributed by atoms with Crippen molar-refractivity contribution in [2.75, 3.05) is 7.05 Å². The number of aliphatic carboxylic acids is 1. The lowest BCUT2D eigenvalue weighted by Crippen LogP contribution is -2.40. The number of carboxylic acids is 1. The van der Waals surface area contributed by atoms with Gasteiger partial charge >= 0.3 is 5.97 Å². The van der Waals surface area contributed by atoms with Crippen molar-refractivity contribution >= 4 is 5.97 Å². The second-order valence-corrected chi connectivity index (χ2v) is 5.36. The Labute approximate surface area is 117 Å². The van der Waals surface area contributed by atoms with Gasteiger partial charge in [0.25, 0.3) is 0 Å². The number of halogens is 2. The molecule has 2 rings (SSSR count). The van der Waals surface area contributed by atoms with Gasteiger partial charge in [-0.2, -0.15) is 0 Å². The van der Waals surface area contributed by atoms with E-state index in [-0.39, 0.29) is 11.6 Å². The van der Waals surface area contributed by atoms with E-state index in [9.17, 15) is 18.7 Å². The minimum atomic E-state index is -1.11. The topological polar surface area (TPSA) is 40.5 Å². The van der Waals surface area contributed by atoms with Gasteiger partial charge in [-0.25, -0.2) is 8.78 Å². The van der Waals surface area contributed by atoms with Crippen LogP contribution in [0.5, 0.6) is 0 Å². The maximum Gasteiger partial charge on any atom is 0.325 e. The molecule has 1 aromatic carbocycles. The van der Waals surface area contributed by atoms with Crippen molar-refractivity contribution in [1.82, 2.24) is 4.90 Å². The van der Waals surface area contributed by atoms with Crippen molar-refractivity contribution in [2.45, 2.75) is 44.2 Å². The molecule has 1 aromatic rings. The predicted octanol–water partition coefficient (Wildman–Crippen LogP) is 3.36. The van der Waals surface area contributed by atoms with Crippen LogP contribution < -0.4 is 0 Å². The molecule has 1 fully saturated rings. The van der Waals surface area contributed by atoms with Gasteiger partial charge < -0.3 is 5.11 Å². The summed E-state index contributed by atoms with van der Waals surface area (Å²) in [6.07, 6.45) is 5.12. The molecular formula is C15H19F2NO2. The molecule has 0 aromatic heterocycles. The van der Waals surface area contributed by atoms with Gasteiger partial charge in [-0.3, -0.25) is 9.69 Å². The zero-order chi connectivity index (χ0) is 14.7. The third-order valence-electron chi connectivity index (χ3n) is 4.05. The van der Waals surface area contributed by atoms with Gasteiger partial charge in [-0.1, -0.05) is 25.3 Å². The van der Waals surface area contributed by atoms with Crippen LogP contribution in [0, 0.1) is 11.6 Å². The smallest absolute Gasteiger partial charge is 0.325 e. The van der Waals surface area contributed by atoms with Crippen molar-refractivity contribution in [2.24, 2.45) is 0 Å². The van der Waals surface area contributed by atoms with Crippen molar-refractivity contribution in [3.05, 3.63) is 35.4 Å². The van der Waals surface area contributed by atoms with E-state index in [0.717, 1.165) is 44.2 Å². The van der Waals surface area contributed by atoms with Gasteiger partial charge in [0, 0.05) is 17.7 Å². The Bertz CT molecular complexity index is 487. The lowest BCUT2D eigenvalue weighted by Gasteiger charge is -2.35. The van der Waals surface area contributed by atoms with Gasteiger partial charge in [-0.05, 0) is 26.0 Å². The number of carbonyl (C=O) groups is 1. The Morgan fingerprint density at radius 3 is 2.50 bits per heavy atom. The summed E-state index contributed by atoms with van der Waals surface area (Å²) in [5.41, 5.74) is 0.0203. The summed E-state index contributed by atoms with van der Waals surface area (Å²) in [7, 11) is 1.71. The SMILES string of the molecule is CN(C1CCCCC1)C(C(=O)O)c1ccc(F)cc1F. The fourth-order valence-corrected chi connectivity index (χ4v) is 2.95. The third-order valence-corrected chi connectivity index (χ3v) is 4.05. The van der Waals surface area contributed by atoms with Crippen LogP contribution in [0.2, 0.25) is 0 Å². The largest absolute Gasteiger partial charge is 0.480 e. The van der Waals surface area contributed by atoms with Crippen LogP contribution in [0.3, 0.4) is 0 Å². The molecule has 1 aliphatic rings. The van der Waals surface area contributed by atoms with Gasteiger partial charge in [0.2, 0.25) is 0 Å². The average Bonchev–Trinajstić information content (AvgIpc) is 2.42. The van der Waals surface area contributed by atoms with E-state index in [0.29, 0.717) is 0 Å². The predicted molar refractivity (Wildman–Crippen MR) is 71.4 cm³/mol. The van der Waals surface area contributed by atoms with E-state index < -0.39 is 23.6 Å². The molecule has 5 heteroatoms. The molecule has 1 aliphatic carbocycles. The Kier molecular flexibility index (Phi) is 4.70. The van der Waals surface area contributed by atoms with Crippen LogP contribution in [0.25, 0.3) is 0 Å². The van der Waals surface area contributed by atoms with Crippen LogP contribution in [-0.4, -0.2) is 29.1 Å². The zero-order valence-corrected chi connectivity index (χ0v) is 11.5. The Balaban J connectivity index is 2.28. The van der Waals surface area contributed by atoms with Crippen molar-refractivity contribution in [1.29, 1.82) is 0 Å². The highest BCUT2D eigenvalue weighted by Gasteiger charge is 2.32. The van der Waals surface area contributed by atoms with Crippen molar-refractivity contribution in [3.63, 3.8) is 0 Å². The Morgan fingerprint density at radius 1 is 1.30 bits per heavy atom. The monoisotopic (exact) mass is 283 g/mol. The second kappa shape index (κ2) is 6.31. The van der Waals surface area contributed by atoms with E-state index in [1.165, 1.54) is 6.07 Å². The second-order valence-electron chi connectivity index (χ2n) is 5.36.